The van der Waals surface area contributed by atoms with Gasteiger partial charge < -0.3 is 5.32 Å². The molecule has 5 nitrogen and oxygen atoms in total. The molecule has 0 amide bonds. The summed E-state index contributed by atoms with van der Waals surface area (Å²) >= 11 is 1.68. The van der Waals surface area contributed by atoms with E-state index in [2.05, 4.69) is 27.5 Å². The molecule has 0 radical (unpaired) electrons. The van der Waals surface area contributed by atoms with Gasteiger partial charge in [-0.05, 0) is 13.0 Å². The Balaban J connectivity index is 2.05. The third-order valence-corrected chi connectivity index (χ3v) is 3.39. The van der Waals surface area contributed by atoms with Crippen LogP contribution in [0.3, 0.4) is 0 Å². The highest BCUT2D eigenvalue weighted by molar-refractivity contribution is 7.09. The molecule has 2 rings (SSSR count). The number of nitrogens with one attached hydrogen (secondary N) is 1. The number of hydrogen-bond donors (Lipinski definition) is 1. The Morgan fingerprint density at radius 3 is 3.00 bits per heavy atom. The molecule has 0 aromatic carbocycles. The first kappa shape index (κ1) is 12.2. The van der Waals surface area contributed by atoms with E-state index >= 15 is 0 Å². The summed E-state index contributed by atoms with van der Waals surface area (Å²) in [7, 11) is 1.89. The van der Waals surface area contributed by atoms with Gasteiger partial charge in [0.15, 0.2) is 0 Å². The van der Waals surface area contributed by atoms with Crippen molar-refractivity contribution in [1.29, 1.82) is 0 Å². The van der Waals surface area contributed by atoms with Crippen LogP contribution in [0, 0.1) is 0 Å². The molecule has 0 spiro atoms. The predicted molar refractivity (Wildman–Crippen MR) is 67.9 cm³/mol. The summed E-state index contributed by atoms with van der Waals surface area (Å²) in [6.45, 7) is 3.17. The number of nitrogens with zero attached hydrogens (tertiary/aromatic N) is 4. The Labute approximate surface area is 105 Å². The van der Waals surface area contributed by atoms with Crippen LogP contribution in [0.2, 0.25) is 0 Å². The maximum absolute atomic E-state index is 4.14. The molecule has 1 N–H and O–H groups in total. The fourth-order valence-electron chi connectivity index (χ4n) is 1.69. The molecule has 2 aromatic rings. The van der Waals surface area contributed by atoms with Crippen LogP contribution in [0.15, 0.2) is 17.9 Å². The standard InChI is InChI=1S/C11H17N5S/c1-3-4-13-10(11-6-12-8-17-11)5-9-7-16(2)15-14-9/h6-8,10,13H,3-5H2,1-2H3. The van der Waals surface area contributed by atoms with Crippen LogP contribution in [0.4, 0.5) is 0 Å². The highest BCUT2D eigenvalue weighted by Gasteiger charge is 2.14. The molecular formula is C11H17N5S. The molecule has 1 atom stereocenters. The number of aromatic nitrogens is 4. The molecule has 0 aliphatic rings. The zero-order valence-corrected chi connectivity index (χ0v) is 10.9. The first-order valence-electron chi connectivity index (χ1n) is 5.76. The summed E-state index contributed by atoms with van der Waals surface area (Å²) in [6.07, 6.45) is 5.86. The van der Waals surface area contributed by atoms with Crippen molar-refractivity contribution in [2.24, 2.45) is 7.05 Å². The molecule has 0 fully saturated rings. The molecular weight excluding hydrogens is 234 g/mol. The summed E-state index contributed by atoms with van der Waals surface area (Å²) in [5.74, 6) is 0. The average molecular weight is 251 g/mol. The topological polar surface area (TPSA) is 55.6 Å². The fraction of sp³-hybridized carbons (Fsp3) is 0.545. The van der Waals surface area contributed by atoms with E-state index in [1.54, 1.807) is 16.0 Å². The summed E-state index contributed by atoms with van der Waals surface area (Å²) < 4.78 is 1.74. The minimum absolute atomic E-state index is 0.291. The number of rotatable bonds is 6. The van der Waals surface area contributed by atoms with Gasteiger partial charge in [0.1, 0.15) is 0 Å². The second-order valence-corrected chi connectivity index (χ2v) is 4.92. The van der Waals surface area contributed by atoms with E-state index in [0.29, 0.717) is 6.04 Å². The second kappa shape index (κ2) is 5.88. The molecule has 0 aliphatic carbocycles. The molecule has 6 heteroatoms. The van der Waals surface area contributed by atoms with E-state index in [1.165, 1.54) is 4.88 Å². The van der Waals surface area contributed by atoms with Crippen molar-refractivity contribution in [3.8, 4) is 0 Å². The van der Waals surface area contributed by atoms with E-state index in [-0.39, 0.29) is 0 Å². The van der Waals surface area contributed by atoms with Crippen LogP contribution in [-0.4, -0.2) is 26.5 Å². The van der Waals surface area contributed by atoms with Gasteiger partial charge in [-0.1, -0.05) is 12.1 Å². The van der Waals surface area contributed by atoms with Crippen LogP contribution in [0.1, 0.15) is 30.0 Å². The molecule has 17 heavy (non-hydrogen) atoms. The maximum atomic E-state index is 4.14. The van der Waals surface area contributed by atoms with Crippen molar-refractivity contribution in [1.82, 2.24) is 25.3 Å². The van der Waals surface area contributed by atoms with Crippen LogP contribution in [0.5, 0.6) is 0 Å². The summed E-state index contributed by atoms with van der Waals surface area (Å²) in [5.41, 5.74) is 2.88. The van der Waals surface area contributed by atoms with Gasteiger partial charge >= 0.3 is 0 Å². The lowest BCUT2D eigenvalue weighted by Gasteiger charge is -2.14. The van der Waals surface area contributed by atoms with Crippen molar-refractivity contribution in [2.75, 3.05) is 6.54 Å². The van der Waals surface area contributed by atoms with E-state index in [1.807, 2.05) is 25.0 Å². The minimum atomic E-state index is 0.291. The van der Waals surface area contributed by atoms with Gasteiger partial charge in [-0.25, -0.2) is 0 Å². The number of aryl methyl sites for hydroxylation is 1. The van der Waals surface area contributed by atoms with Crippen molar-refractivity contribution in [3.63, 3.8) is 0 Å². The van der Waals surface area contributed by atoms with E-state index in [0.717, 1.165) is 25.1 Å². The normalized spacial score (nSPS) is 12.8. The zero-order chi connectivity index (χ0) is 12.1. The molecule has 1 unspecified atom stereocenters. The SMILES string of the molecule is CCCNC(Cc1cn(C)nn1)c1cncs1. The summed E-state index contributed by atoms with van der Waals surface area (Å²) in [4.78, 5) is 5.39. The monoisotopic (exact) mass is 251 g/mol. The quantitative estimate of drug-likeness (QED) is 0.846. The van der Waals surface area contributed by atoms with Crippen molar-refractivity contribution in [2.45, 2.75) is 25.8 Å². The third kappa shape index (κ3) is 3.34. The Morgan fingerprint density at radius 2 is 2.41 bits per heavy atom. The summed E-state index contributed by atoms with van der Waals surface area (Å²) in [6, 6.07) is 0.291. The van der Waals surface area contributed by atoms with Crippen molar-refractivity contribution >= 4 is 11.3 Å². The lowest BCUT2D eigenvalue weighted by molar-refractivity contribution is 0.530. The Kier molecular flexibility index (Phi) is 4.22. The molecule has 0 saturated carbocycles. The van der Waals surface area contributed by atoms with Crippen LogP contribution >= 0.6 is 11.3 Å². The van der Waals surface area contributed by atoms with Crippen LogP contribution in [-0.2, 0) is 13.5 Å². The maximum Gasteiger partial charge on any atom is 0.0846 e. The highest BCUT2D eigenvalue weighted by atomic mass is 32.1. The molecule has 2 aromatic heterocycles. The first-order chi connectivity index (χ1) is 8.29. The van der Waals surface area contributed by atoms with Crippen molar-refractivity contribution < 1.29 is 0 Å². The second-order valence-electron chi connectivity index (χ2n) is 4.00. The summed E-state index contributed by atoms with van der Waals surface area (Å²) in [5, 5.41) is 11.6. The number of hydrogen-bond acceptors (Lipinski definition) is 5. The van der Waals surface area contributed by atoms with Gasteiger partial charge in [-0.2, -0.15) is 0 Å². The minimum Gasteiger partial charge on any atom is -0.309 e. The van der Waals surface area contributed by atoms with Crippen LogP contribution in [0.25, 0.3) is 0 Å². The lowest BCUT2D eigenvalue weighted by Crippen LogP contribution is -2.23. The van der Waals surface area contributed by atoms with E-state index in [4.69, 9.17) is 0 Å². The Bertz CT molecular complexity index is 436. The fourth-order valence-corrected chi connectivity index (χ4v) is 2.38. The highest BCUT2D eigenvalue weighted by Crippen LogP contribution is 2.20. The van der Waals surface area contributed by atoms with Crippen LogP contribution < -0.4 is 5.32 Å². The van der Waals surface area contributed by atoms with Gasteiger partial charge in [0.05, 0.1) is 11.2 Å². The van der Waals surface area contributed by atoms with Gasteiger partial charge in [0.25, 0.3) is 0 Å². The molecule has 92 valence electrons. The van der Waals surface area contributed by atoms with Gasteiger partial charge in [-0.15, -0.1) is 16.4 Å². The average Bonchev–Trinajstić information content (AvgIpc) is 2.95. The lowest BCUT2D eigenvalue weighted by atomic mass is 10.1. The Morgan fingerprint density at radius 1 is 1.53 bits per heavy atom. The van der Waals surface area contributed by atoms with E-state index < -0.39 is 0 Å². The molecule has 0 bridgehead atoms. The first-order valence-corrected chi connectivity index (χ1v) is 6.64. The van der Waals surface area contributed by atoms with E-state index in [9.17, 15) is 0 Å². The smallest absolute Gasteiger partial charge is 0.0846 e. The Hall–Kier alpha value is -1.27. The predicted octanol–water partition coefficient (Wildman–Crippen LogP) is 1.55. The van der Waals surface area contributed by atoms with Crippen molar-refractivity contribution in [3.05, 3.63) is 28.5 Å². The zero-order valence-electron chi connectivity index (χ0n) is 10.1. The third-order valence-electron chi connectivity index (χ3n) is 2.50. The molecule has 0 aliphatic heterocycles. The van der Waals surface area contributed by atoms with Gasteiger partial charge in [-0.3, -0.25) is 9.67 Å². The number of thiazole rings is 1. The molecule has 2 heterocycles. The largest absolute Gasteiger partial charge is 0.309 e. The van der Waals surface area contributed by atoms with Gasteiger partial charge in [0.2, 0.25) is 0 Å². The van der Waals surface area contributed by atoms with Gasteiger partial charge in [0, 0.05) is 36.8 Å². The molecule has 0 saturated heterocycles.